The fraction of sp³-hybridized carbons (Fsp3) is 0.250. The molecule has 29 heavy (non-hydrogen) atoms. The van der Waals surface area contributed by atoms with E-state index in [0.29, 0.717) is 10.7 Å². The maximum atomic E-state index is 16.3. The van der Waals surface area contributed by atoms with E-state index in [1.54, 1.807) is 18.2 Å². The minimum atomic E-state index is -4.74. The van der Waals surface area contributed by atoms with Crippen LogP contribution in [0, 0.1) is 5.92 Å². The standard InChI is InChI=1S/C20H16Cl2FNO4S/c1-28-19(25)20(23,29(26,27)14-4-2-3-12(21)9-14)11-7-15-16-10-13(22)5-6-17(16)24-18(15)8-11/h2-6,9-11,24H,7-8H2,1H3. The zero-order valence-corrected chi connectivity index (χ0v) is 17.5. The summed E-state index contributed by atoms with van der Waals surface area (Å²) in [6, 6.07) is 10.5. The van der Waals surface area contributed by atoms with Crippen molar-refractivity contribution in [3.63, 3.8) is 0 Å². The number of ether oxygens (including phenoxy) is 1. The SMILES string of the molecule is COC(=O)C(F)(C1Cc2[nH]c3ccc(Cl)cc3c2C1)S(=O)(=O)c1cccc(Cl)c1. The first-order valence-corrected chi connectivity index (χ1v) is 11.0. The van der Waals surface area contributed by atoms with Crippen LogP contribution < -0.4 is 0 Å². The summed E-state index contributed by atoms with van der Waals surface area (Å²) in [5.74, 6) is -2.61. The number of carbonyl (C=O) groups is 1. The summed E-state index contributed by atoms with van der Waals surface area (Å²) in [6.07, 6.45) is 0.0775. The van der Waals surface area contributed by atoms with Gasteiger partial charge < -0.3 is 9.72 Å². The maximum absolute atomic E-state index is 16.3. The van der Waals surface area contributed by atoms with Crippen LogP contribution in [-0.2, 0) is 32.2 Å². The summed E-state index contributed by atoms with van der Waals surface area (Å²) in [5, 5.41) is -1.86. The summed E-state index contributed by atoms with van der Waals surface area (Å²) < 4.78 is 47.3. The second-order valence-electron chi connectivity index (χ2n) is 6.97. The first kappa shape index (κ1) is 20.2. The number of hydrogen-bond donors (Lipinski definition) is 1. The van der Waals surface area contributed by atoms with Crippen molar-refractivity contribution in [3.8, 4) is 0 Å². The Hall–Kier alpha value is -2.09. The van der Waals surface area contributed by atoms with E-state index < -0.39 is 26.7 Å². The number of carbonyl (C=O) groups excluding carboxylic acids is 1. The molecule has 1 N–H and O–H groups in total. The number of alkyl halides is 1. The maximum Gasteiger partial charge on any atom is 0.360 e. The number of methoxy groups -OCH3 is 1. The molecule has 1 aliphatic carbocycles. The smallest absolute Gasteiger partial charge is 0.360 e. The largest absolute Gasteiger partial charge is 0.466 e. The Morgan fingerprint density at radius 2 is 1.90 bits per heavy atom. The fourth-order valence-electron chi connectivity index (χ4n) is 3.95. The van der Waals surface area contributed by atoms with Gasteiger partial charge in [-0.1, -0.05) is 29.3 Å². The average Bonchev–Trinajstić information content (AvgIpc) is 3.25. The molecule has 1 aliphatic rings. The lowest BCUT2D eigenvalue weighted by Gasteiger charge is -2.28. The van der Waals surface area contributed by atoms with E-state index in [0.717, 1.165) is 29.6 Å². The molecule has 4 rings (SSSR count). The van der Waals surface area contributed by atoms with E-state index >= 15 is 4.39 Å². The molecule has 3 aromatic rings. The van der Waals surface area contributed by atoms with Gasteiger partial charge in [-0.25, -0.2) is 17.6 Å². The number of sulfone groups is 1. The quantitative estimate of drug-likeness (QED) is 0.587. The third-order valence-electron chi connectivity index (χ3n) is 5.34. The summed E-state index contributed by atoms with van der Waals surface area (Å²) in [4.78, 5) is 15.3. The van der Waals surface area contributed by atoms with Gasteiger partial charge in [0.15, 0.2) is 0 Å². The number of aromatic amines is 1. The molecule has 1 heterocycles. The van der Waals surface area contributed by atoms with Gasteiger partial charge >= 0.3 is 11.0 Å². The highest BCUT2D eigenvalue weighted by molar-refractivity contribution is 7.93. The van der Waals surface area contributed by atoms with Gasteiger partial charge in [-0.15, -0.1) is 0 Å². The van der Waals surface area contributed by atoms with Gasteiger partial charge in [-0.3, -0.25) is 0 Å². The molecule has 0 saturated heterocycles. The molecule has 152 valence electrons. The average molecular weight is 456 g/mol. The van der Waals surface area contributed by atoms with E-state index in [2.05, 4.69) is 9.72 Å². The second kappa shape index (κ2) is 7.00. The predicted octanol–water partition coefficient (Wildman–Crippen LogP) is 4.50. The topological polar surface area (TPSA) is 76.2 Å². The Bertz CT molecular complexity index is 1240. The minimum Gasteiger partial charge on any atom is -0.466 e. The van der Waals surface area contributed by atoms with Crippen molar-refractivity contribution in [2.75, 3.05) is 7.11 Å². The minimum absolute atomic E-state index is 0.0348. The number of esters is 1. The molecule has 0 aliphatic heterocycles. The Morgan fingerprint density at radius 1 is 1.17 bits per heavy atom. The van der Waals surface area contributed by atoms with Crippen LogP contribution in [0.15, 0.2) is 47.4 Å². The zero-order valence-electron chi connectivity index (χ0n) is 15.2. The number of halogens is 3. The summed E-state index contributed by atoms with van der Waals surface area (Å²) in [5.41, 5.74) is 2.25. The van der Waals surface area contributed by atoms with Crippen molar-refractivity contribution in [2.24, 2.45) is 5.92 Å². The van der Waals surface area contributed by atoms with Gasteiger partial charge in [0.25, 0.3) is 0 Å². The molecule has 0 fully saturated rings. The van der Waals surface area contributed by atoms with Crippen LogP contribution in [0.5, 0.6) is 0 Å². The molecule has 0 saturated carbocycles. The third-order valence-corrected chi connectivity index (χ3v) is 7.97. The first-order valence-electron chi connectivity index (χ1n) is 8.75. The van der Waals surface area contributed by atoms with Crippen molar-refractivity contribution >= 4 is 49.9 Å². The monoisotopic (exact) mass is 455 g/mol. The molecule has 5 nitrogen and oxygen atoms in total. The predicted molar refractivity (Wildman–Crippen MR) is 109 cm³/mol. The number of aromatic nitrogens is 1. The normalized spacial score (nSPS) is 18.4. The van der Waals surface area contributed by atoms with Crippen molar-refractivity contribution in [1.82, 2.24) is 4.98 Å². The molecule has 2 unspecified atom stereocenters. The molecular weight excluding hydrogens is 440 g/mol. The first-order chi connectivity index (χ1) is 13.7. The fourth-order valence-corrected chi connectivity index (χ4v) is 6.17. The Morgan fingerprint density at radius 3 is 2.59 bits per heavy atom. The van der Waals surface area contributed by atoms with Crippen LogP contribution in [0.4, 0.5) is 4.39 Å². The van der Waals surface area contributed by atoms with Gasteiger partial charge in [0.1, 0.15) is 0 Å². The molecule has 2 aromatic carbocycles. The molecule has 2 atom stereocenters. The van der Waals surface area contributed by atoms with E-state index in [1.165, 1.54) is 18.2 Å². The van der Waals surface area contributed by atoms with Crippen LogP contribution in [-0.4, -0.2) is 31.5 Å². The molecule has 0 amide bonds. The van der Waals surface area contributed by atoms with E-state index in [1.807, 2.05) is 0 Å². The number of hydrogen-bond acceptors (Lipinski definition) is 4. The van der Waals surface area contributed by atoms with Crippen LogP contribution in [0.2, 0.25) is 10.0 Å². The number of H-pyrrole nitrogens is 1. The molecule has 0 bridgehead atoms. The molecular formula is C20H16Cl2FNO4S. The number of nitrogens with one attached hydrogen (secondary N) is 1. The van der Waals surface area contributed by atoms with E-state index in [4.69, 9.17) is 23.2 Å². The highest BCUT2D eigenvalue weighted by Crippen LogP contribution is 2.45. The molecule has 0 radical (unpaired) electrons. The second-order valence-corrected chi connectivity index (χ2v) is 9.92. The number of fused-ring (bicyclic) bond motifs is 3. The van der Waals surface area contributed by atoms with Crippen molar-refractivity contribution < 1.29 is 22.3 Å². The number of benzene rings is 2. The van der Waals surface area contributed by atoms with Gasteiger partial charge in [0.2, 0.25) is 9.84 Å². The van der Waals surface area contributed by atoms with Crippen LogP contribution in [0.1, 0.15) is 11.3 Å². The van der Waals surface area contributed by atoms with Gasteiger partial charge in [0.05, 0.1) is 12.0 Å². The van der Waals surface area contributed by atoms with E-state index in [-0.39, 0.29) is 22.8 Å². The highest BCUT2D eigenvalue weighted by atomic mass is 35.5. The Balaban J connectivity index is 1.81. The summed E-state index contributed by atoms with van der Waals surface area (Å²) in [6.45, 7) is 0. The van der Waals surface area contributed by atoms with Crippen molar-refractivity contribution in [2.45, 2.75) is 22.7 Å². The molecule has 9 heteroatoms. The highest BCUT2D eigenvalue weighted by Gasteiger charge is 2.60. The summed E-state index contributed by atoms with van der Waals surface area (Å²) in [7, 11) is -3.77. The van der Waals surface area contributed by atoms with Gasteiger partial charge in [-0.2, -0.15) is 0 Å². The third kappa shape index (κ3) is 3.03. The molecule has 1 aromatic heterocycles. The van der Waals surface area contributed by atoms with E-state index in [9.17, 15) is 13.2 Å². The zero-order chi connectivity index (χ0) is 21.0. The lowest BCUT2D eigenvalue weighted by atomic mass is 9.98. The molecule has 0 spiro atoms. The Kier molecular flexibility index (Phi) is 4.88. The van der Waals surface area contributed by atoms with Gasteiger partial charge in [0, 0.05) is 32.6 Å². The van der Waals surface area contributed by atoms with Gasteiger partial charge in [-0.05, 0) is 54.8 Å². The lowest BCUT2D eigenvalue weighted by Crippen LogP contribution is -2.50. The van der Waals surface area contributed by atoms with Crippen LogP contribution in [0.3, 0.4) is 0 Å². The van der Waals surface area contributed by atoms with Crippen LogP contribution in [0.25, 0.3) is 10.9 Å². The van der Waals surface area contributed by atoms with Crippen LogP contribution >= 0.6 is 23.2 Å². The van der Waals surface area contributed by atoms with Crippen molar-refractivity contribution in [1.29, 1.82) is 0 Å². The van der Waals surface area contributed by atoms with Crippen molar-refractivity contribution in [3.05, 3.63) is 63.8 Å². The lowest BCUT2D eigenvalue weighted by molar-refractivity contribution is -0.151. The number of rotatable bonds is 4. The summed E-state index contributed by atoms with van der Waals surface area (Å²) >= 11 is 12.0. The Labute approximate surface area is 176 Å².